The fourth-order valence-electron chi connectivity index (χ4n) is 1.42. The maximum absolute atomic E-state index is 11.3. The smallest absolute Gasteiger partial charge is 0.282 e. The summed E-state index contributed by atoms with van der Waals surface area (Å²) in [7, 11) is 0. The molecule has 0 aliphatic carbocycles. The van der Waals surface area contributed by atoms with Crippen LogP contribution >= 0.6 is 23.2 Å². The Bertz CT molecular complexity index is 682. The minimum Gasteiger partial charge on any atom is -0.506 e. The van der Waals surface area contributed by atoms with Crippen LogP contribution in [0.1, 0.15) is 5.56 Å². The molecule has 5 nitrogen and oxygen atoms in total. The average molecular weight is 270 g/mol. The molecule has 3 N–H and O–H groups in total. The number of hydrogen-bond donors (Lipinski definition) is 3. The summed E-state index contributed by atoms with van der Waals surface area (Å²) in [5.74, 6) is -0.247. The number of nitrogens with one attached hydrogen (secondary N) is 2. The quantitative estimate of drug-likeness (QED) is 0.741. The van der Waals surface area contributed by atoms with Gasteiger partial charge in [0.2, 0.25) is 0 Å². The second kappa shape index (κ2) is 4.17. The fraction of sp³-hybridized carbons (Fsp3) is 0. The van der Waals surface area contributed by atoms with Gasteiger partial charge < -0.3 is 5.11 Å². The third-order valence-electron chi connectivity index (χ3n) is 2.19. The minimum atomic E-state index is -0.571. The molecule has 0 bridgehead atoms. The van der Waals surface area contributed by atoms with Gasteiger partial charge in [-0.2, -0.15) is 5.26 Å². The highest BCUT2D eigenvalue weighted by Crippen LogP contribution is 2.37. The molecule has 2 aromatic rings. The van der Waals surface area contributed by atoms with E-state index in [1.165, 1.54) is 12.1 Å². The minimum absolute atomic E-state index is 0.0402. The van der Waals surface area contributed by atoms with Crippen LogP contribution in [-0.4, -0.2) is 15.3 Å². The number of nitriles is 1. The lowest BCUT2D eigenvalue weighted by Crippen LogP contribution is -2.01. The molecule has 86 valence electrons. The lowest BCUT2D eigenvalue weighted by Gasteiger charge is -2.05. The van der Waals surface area contributed by atoms with Crippen LogP contribution in [0.3, 0.4) is 0 Å². The summed E-state index contributed by atoms with van der Waals surface area (Å²) in [6.45, 7) is 0. The Morgan fingerprint density at radius 1 is 1.29 bits per heavy atom. The van der Waals surface area contributed by atoms with Crippen molar-refractivity contribution in [2.75, 3.05) is 0 Å². The van der Waals surface area contributed by atoms with Crippen molar-refractivity contribution in [3.8, 4) is 23.1 Å². The first-order valence-corrected chi connectivity index (χ1v) is 5.19. The first-order valence-electron chi connectivity index (χ1n) is 4.43. The van der Waals surface area contributed by atoms with Gasteiger partial charge in [0.05, 0.1) is 10.7 Å². The highest BCUT2D eigenvalue weighted by molar-refractivity contribution is 6.36. The van der Waals surface area contributed by atoms with E-state index in [9.17, 15) is 9.90 Å². The zero-order valence-corrected chi connectivity index (χ0v) is 9.73. The maximum Gasteiger partial charge on any atom is 0.282 e. The molecule has 1 heterocycles. The summed E-state index contributed by atoms with van der Waals surface area (Å²) in [5.41, 5.74) is -0.367. The van der Waals surface area contributed by atoms with Crippen LogP contribution in [0.25, 0.3) is 11.3 Å². The molecule has 7 heteroatoms. The van der Waals surface area contributed by atoms with Gasteiger partial charge in [-0.3, -0.25) is 15.0 Å². The predicted octanol–water partition coefficient (Wildman–Crippen LogP) is 2.25. The molecule has 0 atom stereocenters. The van der Waals surface area contributed by atoms with Crippen molar-refractivity contribution in [3.05, 3.63) is 38.1 Å². The highest BCUT2D eigenvalue weighted by Gasteiger charge is 2.17. The topological polar surface area (TPSA) is 92.7 Å². The van der Waals surface area contributed by atoms with E-state index in [0.717, 1.165) is 0 Å². The standard InChI is InChI=1S/C10H5Cl2N3O2/c11-4-1-5(9(16)7(12)2-4)8-6(3-13)10(17)15-14-8/h1-2,16H,(H2,14,15,17). The molecule has 0 fully saturated rings. The Labute approximate surface area is 105 Å². The Morgan fingerprint density at radius 2 is 2.00 bits per heavy atom. The van der Waals surface area contributed by atoms with Crippen molar-refractivity contribution in [3.63, 3.8) is 0 Å². The number of hydrogen-bond acceptors (Lipinski definition) is 3. The number of aromatic amines is 2. The van der Waals surface area contributed by atoms with Crippen molar-refractivity contribution >= 4 is 23.2 Å². The van der Waals surface area contributed by atoms with E-state index < -0.39 is 5.56 Å². The third kappa shape index (κ3) is 1.88. The first-order chi connectivity index (χ1) is 8.04. The van der Waals surface area contributed by atoms with Crippen LogP contribution in [0.2, 0.25) is 10.0 Å². The number of aromatic nitrogens is 2. The van der Waals surface area contributed by atoms with E-state index in [4.69, 9.17) is 28.5 Å². The predicted molar refractivity (Wildman–Crippen MR) is 63.2 cm³/mol. The van der Waals surface area contributed by atoms with E-state index in [2.05, 4.69) is 10.2 Å². The second-order valence-electron chi connectivity index (χ2n) is 3.22. The zero-order chi connectivity index (χ0) is 12.6. The molecule has 1 aromatic carbocycles. The molecule has 0 aliphatic heterocycles. The normalized spacial score (nSPS) is 10.2. The van der Waals surface area contributed by atoms with Crippen LogP contribution in [0.5, 0.6) is 5.75 Å². The van der Waals surface area contributed by atoms with Crippen molar-refractivity contribution in [2.24, 2.45) is 0 Å². The summed E-state index contributed by atoms with van der Waals surface area (Å²) in [6, 6.07) is 4.50. The second-order valence-corrected chi connectivity index (χ2v) is 4.07. The summed E-state index contributed by atoms with van der Waals surface area (Å²) >= 11 is 11.5. The largest absolute Gasteiger partial charge is 0.506 e. The number of aromatic hydroxyl groups is 1. The molecule has 0 saturated carbocycles. The highest BCUT2D eigenvalue weighted by atomic mass is 35.5. The maximum atomic E-state index is 11.3. The lowest BCUT2D eigenvalue weighted by molar-refractivity contribution is 0.477. The Hall–Kier alpha value is -1.90. The van der Waals surface area contributed by atoms with Gasteiger partial charge in [0.25, 0.3) is 5.56 Å². The number of rotatable bonds is 1. The molecular weight excluding hydrogens is 265 g/mol. The van der Waals surface area contributed by atoms with Crippen molar-refractivity contribution in [1.29, 1.82) is 5.26 Å². The average Bonchev–Trinajstić information content (AvgIpc) is 2.64. The van der Waals surface area contributed by atoms with Crippen LogP contribution in [0.15, 0.2) is 16.9 Å². The van der Waals surface area contributed by atoms with Gasteiger partial charge in [-0.15, -0.1) is 0 Å². The van der Waals surface area contributed by atoms with E-state index >= 15 is 0 Å². The summed E-state index contributed by atoms with van der Waals surface area (Å²) in [4.78, 5) is 11.3. The molecule has 0 amide bonds. The molecule has 0 saturated heterocycles. The SMILES string of the molecule is N#Cc1c(-c2cc(Cl)cc(Cl)c2O)[nH][nH]c1=O. The Morgan fingerprint density at radius 3 is 2.65 bits per heavy atom. The number of nitrogens with zero attached hydrogens (tertiary/aromatic N) is 1. The molecule has 0 unspecified atom stereocenters. The molecule has 0 spiro atoms. The van der Waals surface area contributed by atoms with Crippen molar-refractivity contribution < 1.29 is 5.11 Å². The number of phenolic OH excluding ortho intramolecular Hbond substituents is 1. The molecule has 0 radical (unpaired) electrons. The van der Waals surface area contributed by atoms with Gasteiger partial charge >= 0.3 is 0 Å². The summed E-state index contributed by atoms with van der Waals surface area (Å²) in [5, 5.41) is 23.7. The van der Waals surface area contributed by atoms with E-state index in [-0.39, 0.29) is 32.6 Å². The van der Waals surface area contributed by atoms with Gasteiger partial charge in [-0.25, -0.2) is 0 Å². The van der Waals surface area contributed by atoms with Gasteiger partial charge in [0.15, 0.2) is 0 Å². The van der Waals surface area contributed by atoms with Crippen molar-refractivity contribution in [1.82, 2.24) is 10.2 Å². The van der Waals surface area contributed by atoms with Gasteiger partial charge in [-0.1, -0.05) is 23.2 Å². The van der Waals surface area contributed by atoms with Crippen LogP contribution in [0, 0.1) is 11.3 Å². The summed E-state index contributed by atoms with van der Waals surface area (Å²) in [6.07, 6.45) is 0. The molecule has 1 aromatic heterocycles. The van der Waals surface area contributed by atoms with E-state index in [0.29, 0.717) is 0 Å². The van der Waals surface area contributed by atoms with Gasteiger partial charge in [0, 0.05) is 10.6 Å². The fourth-order valence-corrected chi connectivity index (χ4v) is 1.92. The lowest BCUT2D eigenvalue weighted by atomic mass is 10.1. The van der Waals surface area contributed by atoms with E-state index in [1.807, 2.05) is 0 Å². The molecular formula is C10H5Cl2N3O2. The number of benzene rings is 1. The van der Waals surface area contributed by atoms with Crippen LogP contribution in [0.4, 0.5) is 0 Å². The third-order valence-corrected chi connectivity index (χ3v) is 2.69. The molecule has 0 aliphatic rings. The summed E-state index contributed by atoms with van der Waals surface area (Å²) < 4.78 is 0. The number of halogens is 2. The van der Waals surface area contributed by atoms with E-state index in [1.54, 1.807) is 6.07 Å². The number of phenols is 1. The van der Waals surface area contributed by atoms with Gasteiger partial charge in [-0.05, 0) is 12.1 Å². The zero-order valence-electron chi connectivity index (χ0n) is 8.21. The van der Waals surface area contributed by atoms with Crippen LogP contribution < -0.4 is 5.56 Å². The Balaban J connectivity index is 2.78. The van der Waals surface area contributed by atoms with Gasteiger partial charge in [0.1, 0.15) is 17.4 Å². The van der Waals surface area contributed by atoms with Crippen molar-refractivity contribution in [2.45, 2.75) is 0 Å². The van der Waals surface area contributed by atoms with Crippen LogP contribution in [-0.2, 0) is 0 Å². The monoisotopic (exact) mass is 269 g/mol. The first kappa shape index (κ1) is 11.6. The Kier molecular flexibility index (Phi) is 2.84. The number of H-pyrrole nitrogens is 2. The molecule has 2 rings (SSSR count). The molecule has 17 heavy (non-hydrogen) atoms.